The zero-order chi connectivity index (χ0) is 18.6. The highest BCUT2D eigenvalue weighted by atomic mass is 16.2. The topological polar surface area (TPSA) is 52.7 Å². The van der Waals surface area contributed by atoms with Gasteiger partial charge in [-0.2, -0.15) is 0 Å². The fourth-order valence-electron chi connectivity index (χ4n) is 5.19. The van der Waals surface area contributed by atoms with Crippen LogP contribution in [0.5, 0.6) is 0 Å². The predicted octanol–water partition coefficient (Wildman–Crippen LogP) is 2.27. The van der Waals surface area contributed by atoms with Crippen molar-refractivity contribution in [1.29, 1.82) is 0 Å². The van der Waals surface area contributed by atoms with Crippen LogP contribution in [0.1, 0.15) is 37.7 Å². The van der Waals surface area contributed by atoms with Crippen LogP contribution >= 0.6 is 0 Å². The number of hydrogen-bond donors (Lipinski definition) is 1. The van der Waals surface area contributed by atoms with Crippen LogP contribution in [-0.4, -0.2) is 54.3 Å². The van der Waals surface area contributed by atoms with E-state index in [0.717, 1.165) is 50.0 Å². The van der Waals surface area contributed by atoms with E-state index in [1.807, 2.05) is 35.2 Å². The molecule has 146 valence electrons. The number of carbonyl (C=O) groups excluding carboxylic acids is 2. The van der Waals surface area contributed by atoms with Crippen LogP contribution in [0, 0.1) is 17.8 Å². The Labute approximate surface area is 162 Å². The highest BCUT2D eigenvalue weighted by Crippen LogP contribution is 2.49. The standard InChI is InChI=1S/C22H31N3O2/c26-21(23-15-17-4-2-1-3-5-17)16-24-8-10-25(11-9-24)22(27)14-20-13-18-6-7-19(20)12-18/h1-5,18-20H,6-16H2,(H,23,26). The molecule has 1 aliphatic heterocycles. The minimum Gasteiger partial charge on any atom is -0.351 e. The quantitative estimate of drug-likeness (QED) is 0.837. The van der Waals surface area contributed by atoms with Crippen LogP contribution in [0.3, 0.4) is 0 Å². The predicted molar refractivity (Wildman–Crippen MR) is 105 cm³/mol. The average Bonchev–Trinajstić information content (AvgIpc) is 3.31. The smallest absolute Gasteiger partial charge is 0.234 e. The lowest BCUT2D eigenvalue weighted by molar-refractivity contribution is -0.134. The molecule has 3 unspecified atom stereocenters. The molecule has 4 rings (SSSR count). The molecule has 2 amide bonds. The molecule has 5 nitrogen and oxygen atoms in total. The summed E-state index contributed by atoms with van der Waals surface area (Å²) in [6, 6.07) is 9.97. The van der Waals surface area contributed by atoms with Gasteiger partial charge in [-0.3, -0.25) is 14.5 Å². The Kier molecular flexibility index (Phi) is 5.77. The van der Waals surface area contributed by atoms with E-state index < -0.39 is 0 Å². The van der Waals surface area contributed by atoms with Gasteiger partial charge in [0, 0.05) is 39.1 Å². The van der Waals surface area contributed by atoms with E-state index >= 15 is 0 Å². The van der Waals surface area contributed by atoms with Crippen molar-refractivity contribution in [3.8, 4) is 0 Å². The van der Waals surface area contributed by atoms with E-state index in [4.69, 9.17) is 0 Å². The molecule has 1 saturated heterocycles. The number of rotatable bonds is 6. The van der Waals surface area contributed by atoms with E-state index in [2.05, 4.69) is 10.2 Å². The summed E-state index contributed by atoms with van der Waals surface area (Å²) in [5.41, 5.74) is 1.11. The largest absolute Gasteiger partial charge is 0.351 e. The maximum atomic E-state index is 12.6. The van der Waals surface area contributed by atoms with Gasteiger partial charge in [0.05, 0.1) is 6.54 Å². The van der Waals surface area contributed by atoms with Crippen molar-refractivity contribution in [2.75, 3.05) is 32.7 Å². The summed E-state index contributed by atoms with van der Waals surface area (Å²) in [5, 5.41) is 2.98. The maximum Gasteiger partial charge on any atom is 0.234 e. The first-order chi connectivity index (χ1) is 13.2. The summed E-state index contributed by atoms with van der Waals surface area (Å²) in [7, 11) is 0. The molecule has 27 heavy (non-hydrogen) atoms. The number of hydrogen-bond acceptors (Lipinski definition) is 3. The lowest BCUT2D eigenvalue weighted by Gasteiger charge is -2.35. The Morgan fingerprint density at radius 3 is 2.44 bits per heavy atom. The minimum absolute atomic E-state index is 0.0561. The normalized spacial score (nSPS) is 27.7. The second-order valence-electron chi connectivity index (χ2n) is 8.56. The molecule has 1 heterocycles. The van der Waals surface area contributed by atoms with Gasteiger partial charge in [-0.15, -0.1) is 0 Å². The average molecular weight is 370 g/mol. The van der Waals surface area contributed by atoms with Crippen molar-refractivity contribution in [3.05, 3.63) is 35.9 Å². The van der Waals surface area contributed by atoms with Gasteiger partial charge in [0.1, 0.15) is 0 Å². The van der Waals surface area contributed by atoms with Crippen LogP contribution in [0.2, 0.25) is 0 Å². The van der Waals surface area contributed by atoms with Gasteiger partial charge >= 0.3 is 0 Å². The number of nitrogens with zero attached hydrogens (tertiary/aromatic N) is 2. The summed E-state index contributed by atoms with van der Waals surface area (Å²) in [6.45, 7) is 4.09. The molecule has 2 bridgehead atoms. The highest BCUT2D eigenvalue weighted by Gasteiger charge is 2.40. The molecule has 0 radical (unpaired) electrons. The third-order valence-corrected chi connectivity index (χ3v) is 6.75. The summed E-state index contributed by atoms with van der Waals surface area (Å²) in [6.07, 6.45) is 6.12. The first kappa shape index (κ1) is 18.5. The highest BCUT2D eigenvalue weighted by molar-refractivity contribution is 5.78. The maximum absolute atomic E-state index is 12.6. The number of piperazine rings is 1. The van der Waals surface area contributed by atoms with Crippen molar-refractivity contribution in [2.24, 2.45) is 17.8 Å². The molecule has 3 fully saturated rings. The van der Waals surface area contributed by atoms with Gasteiger partial charge in [0.2, 0.25) is 11.8 Å². The second-order valence-corrected chi connectivity index (χ2v) is 8.56. The fourth-order valence-corrected chi connectivity index (χ4v) is 5.19. The zero-order valence-electron chi connectivity index (χ0n) is 16.1. The lowest BCUT2D eigenvalue weighted by atomic mass is 9.86. The van der Waals surface area contributed by atoms with Gasteiger partial charge in [-0.25, -0.2) is 0 Å². The Morgan fingerprint density at radius 1 is 1.00 bits per heavy atom. The second kappa shape index (κ2) is 8.42. The molecule has 1 N–H and O–H groups in total. The van der Waals surface area contributed by atoms with E-state index in [-0.39, 0.29) is 5.91 Å². The zero-order valence-corrected chi connectivity index (χ0v) is 16.1. The van der Waals surface area contributed by atoms with Crippen molar-refractivity contribution >= 4 is 11.8 Å². The molecule has 5 heteroatoms. The first-order valence-corrected chi connectivity index (χ1v) is 10.5. The van der Waals surface area contributed by atoms with Crippen LogP contribution in [-0.2, 0) is 16.1 Å². The van der Waals surface area contributed by atoms with Gasteiger partial charge in [0.25, 0.3) is 0 Å². The summed E-state index contributed by atoms with van der Waals surface area (Å²) in [4.78, 5) is 29.0. The van der Waals surface area contributed by atoms with Crippen LogP contribution in [0.15, 0.2) is 30.3 Å². The van der Waals surface area contributed by atoms with Crippen molar-refractivity contribution in [1.82, 2.24) is 15.1 Å². The molecule has 0 spiro atoms. The number of benzene rings is 1. The van der Waals surface area contributed by atoms with Crippen LogP contribution in [0.25, 0.3) is 0 Å². The van der Waals surface area contributed by atoms with Crippen molar-refractivity contribution in [3.63, 3.8) is 0 Å². The molecule has 0 aromatic heterocycles. The number of nitrogens with one attached hydrogen (secondary N) is 1. The van der Waals surface area contributed by atoms with Gasteiger partial charge < -0.3 is 10.2 Å². The summed E-state index contributed by atoms with van der Waals surface area (Å²) >= 11 is 0. The molecular formula is C22H31N3O2. The Morgan fingerprint density at radius 2 is 1.78 bits per heavy atom. The monoisotopic (exact) mass is 369 g/mol. The van der Waals surface area contributed by atoms with Gasteiger partial charge in [-0.1, -0.05) is 36.8 Å². The molecule has 1 aromatic rings. The van der Waals surface area contributed by atoms with Gasteiger partial charge in [0.15, 0.2) is 0 Å². The molecule has 3 aliphatic rings. The third kappa shape index (κ3) is 4.70. The van der Waals surface area contributed by atoms with Crippen LogP contribution in [0.4, 0.5) is 0 Å². The van der Waals surface area contributed by atoms with E-state index in [1.54, 1.807) is 0 Å². The van der Waals surface area contributed by atoms with E-state index in [1.165, 1.54) is 25.7 Å². The van der Waals surface area contributed by atoms with Crippen molar-refractivity contribution in [2.45, 2.75) is 38.6 Å². The summed E-state index contributed by atoms with van der Waals surface area (Å²) < 4.78 is 0. The lowest BCUT2D eigenvalue weighted by Crippen LogP contribution is -2.51. The Hall–Kier alpha value is -1.88. The molecule has 3 atom stereocenters. The Balaban J connectivity index is 1.15. The molecular weight excluding hydrogens is 338 g/mol. The number of carbonyl (C=O) groups is 2. The number of fused-ring (bicyclic) bond motifs is 2. The van der Waals surface area contributed by atoms with E-state index in [0.29, 0.717) is 24.9 Å². The molecule has 2 aliphatic carbocycles. The minimum atomic E-state index is 0.0561. The van der Waals surface area contributed by atoms with Gasteiger partial charge in [-0.05, 0) is 42.6 Å². The first-order valence-electron chi connectivity index (χ1n) is 10.5. The fraction of sp³-hybridized carbons (Fsp3) is 0.636. The van der Waals surface area contributed by atoms with Crippen LogP contribution < -0.4 is 5.32 Å². The van der Waals surface area contributed by atoms with Crippen molar-refractivity contribution < 1.29 is 9.59 Å². The Bertz CT molecular complexity index is 655. The SMILES string of the molecule is O=C(CN1CCN(C(=O)CC2CC3CCC2C3)CC1)NCc1ccccc1. The number of amides is 2. The third-order valence-electron chi connectivity index (χ3n) is 6.75. The molecule has 1 aromatic carbocycles. The summed E-state index contributed by atoms with van der Waals surface area (Å²) in [5.74, 6) is 2.74. The molecule has 2 saturated carbocycles. The van der Waals surface area contributed by atoms with E-state index in [9.17, 15) is 9.59 Å².